The first kappa shape index (κ1) is 32.2. The molecule has 0 fully saturated rings. The van der Waals surface area contributed by atoms with Crippen LogP contribution < -0.4 is 9.47 Å². The van der Waals surface area contributed by atoms with Crippen LogP contribution in [0.2, 0.25) is 0 Å². The molecular weight excluding hydrogens is 528 g/mol. The fraction of sp³-hybridized carbons (Fsp3) is 0.333. The summed E-state index contributed by atoms with van der Waals surface area (Å²) in [5, 5.41) is 21.8. The Morgan fingerprint density at radius 3 is 2.14 bits per heavy atom. The van der Waals surface area contributed by atoms with Crippen molar-refractivity contribution in [2.24, 2.45) is 0 Å². The third kappa shape index (κ3) is 10.3. The van der Waals surface area contributed by atoms with Crippen molar-refractivity contribution in [3.63, 3.8) is 0 Å². The molecule has 0 saturated carbocycles. The summed E-state index contributed by atoms with van der Waals surface area (Å²) in [5.41, 5.74) is 4.24. The number of benzene rings is 3. The van der Waals surface area contributed by atoms with Gasteiger partial charge in [0.15, 0.2) is 0 Å². The molecule has 0 unspecified atom stereocenters. The zero-order valence-corrected chi connectivity index (χ0v) is 25.1. The van der Waals surface area contributed by atoms with Gasteiger partial charge in [-0.05, 0) is 94.7 Å². The average Bonchev–Trinajstić information content (AvgIpc) is 2.94. The summed E-state index contributed by atoms with van der Waals surface area (Å²) in [6.45, 7) is 8.83. The van der Waals surface area contributed by atoms with E-state index in [9.17, 15) is 19.8 Å². The van der Waals surface area contributed by atoms with E-state index in [-0.39, 0.29) is 29.2 Å². The molecule has 0 radical (unpaired) electrons. The summed E-state index contributed by atoms with van der Waals surface area (Å²) in [6, 6.07) is 17.3. The van der Waals surface area contributed by atoms with Crippen LogP contribution in [0.5, 0.6) is 11.5 Å². The normalized spacial score (nSPS) is 11.8. The van der Waals surface area contributed by atoms with Gasteiger partial charge in [0.25, 0.3) is 0 Å². The number of allylic oxidation sites excluding steroid dienone is 5. The number of hydrogen-bond acceptors (Lipinski definition) is 4. The largest absolute Gasteiger partial charge is 0.493 e. The highest BCUT2D eigenvalue weighted by molar-refractivity contribution is 6.04. The molecule has 6 nitrogen and oxygen atoms in total. The first-order valence-corrected chi connectivity index (χ1v) is 14.5. The van der Waals surface area contributed by atoms with Crippen LogP contribution in [0.4, 0.5) is 0 Å². The Hall–Kier alpha value is -4.32. The first-order chi connectivity index (χ1) is 20.1. The number of hydrogen-bond donors (Lipinski definition) is 2. The molecule has 0 bridgehead atoms. The molecule has 0 atom stereocenters. The number of aromatic carboxylic acids is 2. The van der Waals surface area contributed by atoms with Gasteiger partial charge in [-0.3, -0.25) is 0 Å². The standard InChI is InChI=1S/C36H42O6/c1-25(2)10-7-11-26(3)12-8-13-27(4)19-21-42-33-24-31(23-32(35(37)38)34(33)36(39)40)41-20-9-14-28-17-18-29-15-5-6-16-30(29)22-28/h5-6,10,12,15-19,22-24H,7-9,11,13-14,20-21H2,1-4H3,(H,37,38)(H,39,40). The first-order valence-electron chi connectivity index (χ1n) is 14.5. The summed E-state index contributed by atoms with van der Waals surface area (Å²) < 4.78 is 11.7. The molecule has 0 heterocycles. The zero-order valence-electron chi connectivity index (χ0n) is 25.1. The quantitative estimate of drug-likeness (QED) is 0.132. The monoisotopic (exact) mass is 570 g/mol. The minimum atomic E-state index is -1.36. The SMILES string of the molecule is CC(C)=CCCC(C)=CCCC(C)=CCOc1cc(OCCCc2ccc3ccccc3c2)cc(C(=O)O)c1C(=O)O. The van der Waals surface area contributed by atoms with E-state index in [0.717, 1.165) is 37.7 Å². The Morgan fingerprint density at radius 2 is 1.45 bits per heavy atom. The minimum absolute atomic E-state index is 0.0222. The molecule has 3 rings (SSSR count). The number of aryl methyl sites for hydroxylation is 1. The molecule has 42 heavy (non-hydrogen) atoms. The lowest BCUT2D eigenvalue weighted by atomic mass is 10.0. The maximum atomic E-state index is 12.0. The molecule has 6 heteroatoms. The summed E-state index contributed by atoms with van der Waals surface area (Å²) in [6.07, 6.45) is 11.8. The highest BCUT2D eigenvalue weighted by Crippen LogP contribution is 2.30. The van der Waals surface area contributed by atoms with Gasteiger partial charge in [0.05, 0.1) is 12.2 Å². The third-order valence-corrected chi connectivity index (χ3v) is 7.01. The second kappa shape index (κ2) is 16.2. The van der Waals surface area contributed by atoms with E-state index in [1.54, 1.807) is 0 Å². The van der Waals surface area contributed by atoms with Crippen LogP contribution in [0.3, 0.4) is 0 Å². The van der Waals surface area contributed by atoms with Crippen LogP contribution in [0, 0.1) is 0 Å². The van der Waals surface area contributed by atoms with Crippen LogP contribution in [-0.4, -0.2) is 35.4 Å². The lowest BCUT2D eigenvalue weighted by molar-refractivity contribution is 0.0647. The lowest BCUT2D eigenvalue weighted by Gasteiger charge is -2.14. The smallest absolute Gasteiger partial charge is 0.340 e. The summed E-state index contributed by atoms with van der Waals surface area (Å²) in [7, 11) is 0. The number of ether oxygens (including phenoxy) is 2. The second-order valence-corrected chi connectivity index (χ2v) is 10.9. The van der Waals surface area contributed by atoms with Gasteiger partial charge in [0.2, 0.25) is 0 Å². The number of carboxylic acid groups (broad SMARTS) is 2. The second-order valence-electron chi connectivity index (χ2n) is 10.9. The maximum Gasteiger partial charge on any atom is 0.340 e. The number of carboxylic acids is 2. The molecule has 0 saturated heterocycles. The lowest BCUT2D eigenvalue weighted by Crippen LogP contribution is -2.12. The van der Waals surface area contributed by atoms with E-state index in [4.69, 9.17) is 9.47 Å². The summed E-state index contributed by atoms with van der Waals surface area (Å²) in [4.78, 5) is 23.9. The van der Waals surface area contributed by atoms with Crippen molar-refractivity contribution in [2.45, 2.75) is 66.2 Å². The third-order valence-electron chi connectivity index (χ3n) is 7.01. The molecule has 0 aromatic heterocycles. The van der Waals surface area contributed by atoms with E-state index in [2.05, 4.69) is 63.3 Å². The average molecular weight is 571 g/mol. The maximum absolute atomic E-state index is 12.0. The van der Waals surface area contributed by atoms with Crippen LogP contribution in [0.25, 0.3) is 10.8 Å². The molecule has 0 spiro atoms. The molecule has 0 aliphatic carbocycles. The van der Waals surface area contributed by atoms with Crippen LogP contribution in [-0.2, 0) is 6.42 Å². The van der Waals surface area contributed by atoms with E-state index >= 15 is 0 Å². The van der Waals surface area contributed by atoms with Crippen LogP contribution in [0.1, 0.15) is 86.1 Å². The molecule has 0 aliphatic rings. The van der Waals surface area contributed by atoms with E-state index in [1.165, 1.54) is 39.6 Å². The van der Waals surface area contributed by atoms with Gasteiger partial charge < -0.3 is 19.7 Å². The van der Waals surface area contributed by atoms with Gasteiger partial charge in [-0.25, -0.2) is 9.59 Å². The van der Waals surface area contributed by atoms with E-state index < -0.39 is 11.9 Å². The minimum Gasteiger partial charge on any atom is -0.493 e. The van der Waals surface area contributed by atoms with Gasteiger partial charge in [-0.1, -0.05) is 71.3 Å². The fourth-order valence-electron chi connectivity index (χ4n) is 4.65. The Bertz CT molecular complexity index is 1470. The van der Waals surface area contributed by atoms with Gasteiger partial charge in [0, 0.05) is 6.07 Å². The topological polar surface area (TPSA) is 93.1 Å². The van der Waals surface area contributed by atoms with Crippen molar-refractivity contribution in [1.82, 2.24) is 0 Å². The molecule has 0 aliphatic heterocycles. The highest BCUT2D eigenvalue weighted by atomic mass is 16.5. The predicted molar refractivity (Wildman–Crippen MR) is 169 cm³/mol. The van der Waals surface area contributed by atoms with E-state index in [1.807, 2.05) is 25.1 Å². The van der Waals surface area contributed by atoms with Gasteiger partial charge in [-0.2, -0.15) is 0 Å². The Morgan fingerprint density at radius 1 is 0.762 bits per heavy atom. The van der Waals surface area contributed by atoms with Crippen molar-refractivity contribution >= 4 is 22.7 Å². The Kier molecular flexibility index (Phi) is 12.4. The molecule has 222 valence electrons. The summed E-state index contributed by atoms with van der Waals surface area (Å²) in [5.74, 6) is -2.47. The fourth-order valence-corrected chi connectivity index (χ4v) is 4.65. The van der Waals surface area contributed by atoms with Crippen molar-refractivity contribution < 1.29 is 29.3 Å². The van der Waals surface area contributed by atoms with Crippen LogP contribution >= 0.6 is 0 Å². The molecule has 2 N–H and O–H groups in total. The van der Waals surface area contributed by atoms with Crippen molar-refractivity contribution in [3.05, 3.63) is 106 Å². The van der Waals surface area contributed by atoms with Crippen molar-refractivity contribution in [1.29, 1.82) is 0 Å². The number of rotatable bonds is 16. The molecular formula is C36H42O6. The number of carbonyl (C=O) groups is 2. The van der Waals surface area contributed by atoms with Crippen molar-refractivity contribution in [2.75, 3.05) is 13.2 Å². The highest BCUT2D eigenvalue weighted by Gasteiger charge is 2.23. The molecule has 3 aromatic rings. The molecule has 0 amide bonds. The van der Waals surface area contributed by atoms with Crippen LogP contribution in [0.15, 0.2) is 89.5 Å². The number of fused-ring (bicyclic) bond motifs is 1. The Balaban J connectivity index is 1.60. The molecule has 3 aromatic carbocycles. The van der Waals surface area contributed by atoms with E-state index in [0.29, 0.717) is 13.0 Å². The zero-order chi connectivity index (χ0) is 30.5. The summed E-state index contributed by atoms with van der Waals surface area (Å²) >= 11 is 0. The Labute approximate surface area is 249 Å². The predicted octanol–water partition coefficient (Wildman–Crippen LogP) is 9.05. The van der Waals surface area contributed by atoms with Crippen molar-refractivity contribution in [3.8, 4) is 11.5 Å². The van der Waals surface area contributed by atoms with Gasteiger partial charge in [-0.15, -0.1) is 0 Å². The van der Waals surface area contributed by atoms with Gasteiger partial charge in [0.1, 0.15) is 23.7 Å². The van der Waals surface area contributed by atoms with Gasteiger partial charge >= 0.3 is 11.9 Å².